The summed E-state index contributed by atoms with van der Waals surface area (Å²) in [6, 6.07) is 8.47. The maximum atomic E-state index is 12.7. The quantitative estimate of drug-likeness (QED) is 0.306. The molecule has 1 aromatic rings. The Morgan fingerprint density at radius 3 is 2.56 bits per heavy atom. The lowest BCUT2D eigenvalue weighted by Gasteiger charge is -2.67. The van der Waals surface area contributed by atoms with Crippen LogP contribution in [-0.4, -0.2) is 98.7 Å². The molecule has 0 spiro atoms. The molecule has 4 aliphatic heterocycles. The molecule has 0 radical (unpaired) electrons. The highest BCUT2D eigenvalue weighted by Crippen LogP contribution is 2.81. The standard InChI is InChI=1S/C23H28O11/c1-20-9-22(29)13-7-23(20,32-18-16(27)15(26)14(25)12(8-24)31-18)21(13,19(33-20)34-22)10-30-17(28)11-5-3-2-4-6-11/h2-6,12-16,18-19,24-27,29H,7-10H2,1H3/t12?,13?,14?,15-,16?,18?,19?,20-,21+,22+,23-/m0/s1. The highest BCUT2D eigenvalue weighted by Gasteiger charge is 2.94. The molecule has 4 heterocycles. The molecule has 5 N–H and O–H groups in total. The highest BCUT2D eigenvalue weighted by atomic mass is 16.8. The van der Waals surface area contributed by atoms with Gasteiger partial charge in [-0.05, 0) is 25.5 Å². The fraction of sp³-hybridized carbons (Fsp3) is 0.696. The van der Waals surface area contributed by atoms with Crippen molar-refractivity contribution < 1.29 is 54.0 Å². The number of benzene rings is 1. The molecule has 34 heavy (non-hydrogen) atoms. The van der Waals surface area contributed by atoms with Gasteiger partial charge in [-0.15, -0.1) is 0 Å². The number of carbonyl (C=O) groups excluding carboxylic acids is 1. The van der Waals surface area contributed by atoms with Gasteiger partial charge in [0, 0.05) is 12.3 Å². The van der Waals surface area contributed by atoms with Crippen molar-refractivity contribution in [2.75, 3.05) is 13.2 Å². The summed E-state index contributed by atoms with van der Waals surface area (Å²) in [5, 5.41) is 51.7. The largest absolute Gasteiger partial charge is 0.461 e. The third kappa shape index (κ3) is 2.59. The SMILES string of the molecule is C[C@@]12C[C@@]3(O)OC(O1)[C@@]1(COC(=O)c4ccccc4)C3C[C@@]12OC1OC(CO)C(O)[C@H](O)C1O. The van der Waals surface area contributed by atoms with Crippen LogP contribution in [0.5, 0.6) is 0 Å². The second-order valence-corrected chi connectivity index (χ2v) is 10.2. The molecule has 4 saturated heterocycles. The normalized spacial score (nSPS) is 52.5. The topological polar surface area (TPSA) is 164 Å². The molecular formula is C23H28O11. The van der Waals surface area contributed by atoms with Gasteiger partial charge < -0.3 is 49.2 Å². The molecule has 7 fully saturated rings. The van der Waals surface area contributed by atoms with E-state index in [2.05, 4.69) is 0 Å². The first-order valence-electron chi connectivity index (χ1n) is 11.4. The van der Waals surface area contributed by atoms with Crippen LogP contribution < -0.4 is 0 Å². The third-order valence-electron chi connectivity index (χ3n) is 8.57. The fourth-order valence-electron chi connectivity index (χ4n) is 6.87. The van der Waals surface area contributed by atoms with Gasteiger partial charge in [-0.1, -0.05) is 18.2 Å². The van der Waals surface area contributed by atoms with Gasteiger partial charge in [-0.2, -0.15) is 0 Å². The highest BCUT2D eigenvalue weighted by molar-refractivity contribution is 5.89. The van der Waals surface area contributed by atoms with E-state index >= 15 is 0 Å². The van der Waals surface area contributed by atoms with E-state index in [0.717, 1.165) is 0 Å². The Labute approximate surface area is 194 Å². The minimum Gasteiger partial charge on any atom is -0.461 e. The van der Waals surface area contributed by atoms with Crippen LogP contribution in [0, 0.1) is 11.3 Å². The van der Waals surface area contributed by atoms with Crippen LogP contribution in [0.1, 0.15) is 30.1 Å². The van der Waals surface area contributed by atoms with Gasteiger partial charge in [0.2, 0.25) is 0 Å². The summed E-state index contributed by atoms with van der Waals surface area (Å²) in [5.74, 6) is -2.49. The van der Waals surface area contributed by atoms with Gasteiger partial charge in [0.1, 0.15) is 42.2 Å². The summed E-state index contributed by atoms with van der Waals surface area (Å²) in [6.07, 6.45) is -7.87. The molecule has 8 rings (SSSR count). The Balaban J connectivity index is 1.32. The second kappa shape index (κ2) is 7.19. The van der Waals surface area contributed by atoms with E-state index in [1.54, 1.807) is 37.3 Å². The van der Waals surface area contributed by atoms with Crippen molar-refractivity contribution in [1.29, 1.82) is 0 Å². The van der Waals surface area contributed by atoms with Gasteiger partial charge in [0.25, 0.3) is 0 Å². The zero-order valence-electron chi connectivity index (χ0n) is 18.4. The summed E-state index contributed by atoms with van der Waals surface area (Å²) in [5.41, 5.74) is -2.99. The van der Waals surface area contributed by atoms with Crippen LogP contribution in [0.25, 0.3) is 0 Å². The van der Waals surface area contributed by atoms with E-state index in [1.807, 2.05) is 0 Å². The molecule has 11 nitrogen and oxygen atoms in total. The van der Waals surface area contributed by atoms with Gasteiger partial charge in [-0.25, -0.2) is 4.79 Å². The van der Waals surface area contributed by atoms with Crippen molar-refractivity contribution in [2.24, 2.45) is 11.3 Å². The summed E-state index contributed by atoms with van der Waals surface area (Å²) in [7, 11) is 0. The maximum absolute atomic E-state index is 12.7. The smallest absolute Gasteiger partial charge is 0.338 e. The summed E-state index contributed by atoms with van der Waals surface area (Å²) >= 11 is 0. The van der Waals surface area contributed by atoms with Crippen LogP contribution in [0.4, 0.5) is 0 Å². The summed E-state index contributed by atoms with van der Waals surface area (Å²) < 4.78 is 29.7. The van der Waals surface area contributed by atoms with Gasteiger partial charge in [-0.3, -0.25) is 0 Å². The molecule has 11 heteroatoms. The molecule has 1 aromatic carbocycles. The Morgan fingerprint density at radius 2 is 1.85 bits per heavy atom. The molecule has 6 unspecified atom stereocenters. The van der Waals surface area contributed by atoms with Gasteiger partial charge >= 0.3 is 5.97 Å². The Kier molecular flexibility index (Phi) is 4.81. The predicted molar refractivity (Wildman–Crippen MR) is 109 cm³/mol. The summed E-state index contributed by atoms with van der Waals surface area (Å²) in [6.45, 7) is 0.985. The van der Waals surface area contributed by atoms with Crippen LogP contribution in [0.3, 0.4) is 0 Å². The summed E-state index contributed by atoms with van der Waals surface area (Å²) in [4.78, 5) is 12.7. The van der Waals surface area contributed by atoms with E-state index in [0.29, 0.717) is 5.56 Å². The number of rotatable bonds is 6. The van der Waals surface area contributed by atoms with Gasteiger partial charge in [0.05, 0.1) is 17.6 Å². The second-order valence-electron chi connectivity index (χ2n) is 10.2. The molecule has 11 atom stereocenters. The average Bonchev–Trinajstić information content (AvgIpc) is 3.00. The minimum atomic E-state index is -1.61. The predicted octanol–water partition coefficient (Wildman–Crippen LogP) is -1.36. The van der Waals surface area contributed by atoms with E-state index < -0.39 is 77.9 Å². The van der Waals surface area contributed by atoms with Crippen LogP contribution in [-0.2, 0) is 23.7 Å². The van der Waals surface area contributed by atoms with Gasteiger partial charge in [0.15, 0.2) is 18.4 Å². The third-order valence-corrected chi connectivity index (χ3v) is 8.57. The number of carbonyl (C=O) groups is 1. The Bertz CT molecular complexity index is 988. The molecule has 186 valence electrons. The lowest BCUT2D eigenvalue weighted by atomic mass is 9.41. The zero-order chi connectivity index (χ0) is 24.1. The van der Waals surface area contributed by atoms with E-state index in [4.69, 9.17) is 23.7 Å². The van der Waals surface area contributed by atoms with Crippen molar-refractivity contribution in [1.82, 2.24) is 0 Å². The molecule has 7 aliphatic rings. The number of esters is 1. The van der Waals surface area contributed by atoms with Crippen molar-refractivity contribution in [3.63, 3.8) is 0 Å². The van der Waals surface area contributed by atoms with Crippen molar-refractivity contribution >= 4 is 5.97 Å². The Morgan fingerprint density at radius 1 is 1.12 bits per heavy atom. The molecule has 3 aliphatic carbocycles. The zero-order valence-corrected chi connectivity index (χ0v) is 18.4. The average molecular weight is 480 g/mol. The van der Waals surface area contributed by atoms with Crippen molar-refractivity contribution in [2.45, 2.75) is 73.8 Å². The lowest BCUT2D eigenvalue weighted by Crippen LogP contribution is -2.80. The number of hydrogen-bond acceptors (Lipinski definition) is 11. The minimum absolute atomic E-state index is 0.0902. The number of ether oxygens (including phenoxy) is 5. The first-order chi connectivity index (χ1) is 16.1. The van der Waals surface area contributed by atoms with Crippen molar-refractivity contribution in [3.8, 4) is 0 Å². The monoisotopic (exact) mass is 480 g/mol. The first kappa shape index (κ1) is 22.8. The van der Waals surface area contributed by atoms with Crippen LogP contribution in [0.2, 0.25) is 0 Å². The first-order valence-corrected chi connectivity index (χ1v) is 11.4. The van der Waals surface area contributed by atoms with Crippen molar-refractivity contribution in [3.05, 3.63) is 35.9 Å². The van der Waals surface area contributed by atoms with Crippen LogP contribution in [0.15, 0.2) is 30.3 Å². The Hall–Kier alpha value is -1.67. The molecular weight excluding hydrogens is 452 g/mol. The number of hydrogen-bond donors (Lipinski definition) is 5. The number of aliphatic hydroxyl groups excluding tert-OH is 4. The van der Waals surface area contributed by atoms with E-state index in [-0.39, 0.29) is 19.4 Å². The molecule has 0 amide bonds. The lowest BCUT2D eigenvalue weighted by molar-refractivity contribution is -0.424. The molecule has 6 bridgehead atoms. The molecule has 0 aromatic heterocycles. The van der Waals surface area contributed by atoms with Crippen LogP contribution >= 0.6 is 0 Å². The molecule has 3 saturated carbocycles. The van der Waals surface area contributed by atoms with E-state index in [1.165, 1.54) is 0 Å². The maximum Gasteiger partial charge on any atom is 0.338 e. The number of aliphatic hydroxyl groups is 5. The fourth-order valence-corrected chi connectivity index (χ4v) is 6.87. The van der Waals surface area contributed by atoms with E-state index in [9.17, 15) is 30.3 Å².